The zero-order chi connectivity index (χ0) is 13.7. The Hall–Kier alpha value is -2.28. The Balaban J connectivity index is 2.18. The molecule has 0 saturated carbocycles. The quantitative estimate of drug-likeness (QED) is 0.625. The summed E-state index contributed by atoms with van der Waals surface area (Å²) in [5.41, 5.74) is 6.39. The Morgan fingerprint density at radius 1 is 0.900 bits per heavy atom. The van der Waals surface area contributed by atoms with Crippen molar-refractivity contribution in [2.75, 3.05) is 0 Å². The van der Waals surface area contributed by atoms with E-state index >= 15 is 0 Å². The number of aromatic hydroxyl groups is 1. The summed E-state index contributed by atoms with van der Waals surface area (Å²) >= 11 is 0. The van der Waals surface area contributed by atoms with E-state index in [2.05, 4.69) is 43.3 Å². The smallest absolute Gasteiger partial charge is 0.120 e. The largest absolute Gasteiger partial charge is 0.508 e. The molecule has 1 aliphatic rings. The molecule has 20 heavy (non-hydrogen) atoms. The van der Waals surface area contributed by atoms with Crippen LogP contribution in [0.3, 0.4) is 0 Å². The highest BCUT2D eigenvalue weighted by atomic mass is 16.3. The van der Waals surface area contributed by atoms with E-state index in [0.29, 0.717) is 5.75 Å². The van der Waals surface area contributed by atoms with Crippen molar-refractivity contribution in [2.24, 2.45) is 0 Å². The Morgan fingerprint density at radius 3 is 2.60 bits per heavy atom. The molecule has 1 aliphatic carbocycles. The van der Waals surface area contributed by atoms with Crippen molar-refractivity contribution >= 4 is 10.8 Å². The maximum absolute atomic E-state index is 10.3. The van der Waals surface area contributed by atoms with Gasteiger partial charge in [0.1, 0.15) is 5.75 Å². The van der Waals surface area contributed by atoms with Crippen molar-refractivity contribution in [3.05, 3.63) is 65.2 Å². The van der Waals surface area contributed by atoms with E-state index in [0.717, 1.165) is 23.8 Å². The second-order valence-corrected chi connectivity index (χ2v) is 5.57. The lowest BCUT2D eigenvalue weighted by molar-refractivity contribution is 0.469. The van der Waals surface area contributed by atoms with E-state index in [4.69, 9.17) is 0 Å². The first-order valence-electron chi connectivity index (χ1n) is 7.08. The standard InChI is InChI=1S/C19H16O/c1-12-5-4-8-16-14(12)9-10-17-18(20)11-13-6-2-3-7-15(13)19(16)17/h2-8,11,20H,9-10H2,1H3. The summed E-state index contributed by atoms with van der Waals surface area (Å²) in [6.07, 6.45) is 1.94. The van der Waals surface area contributed by atoms with Crippen molar-refractivity contribution in [3.63, 3.8) is 0 Å². The summed E-state index contributed by atoms with van der Waals surface area (Å²) in [4.78, 5) is 0. The van der Waals surface area contributed by atoms with Gasteiger partial charge >= 0.3 is 0 Å². The molecule has 0 aliphatic heterocycles. The van der Waals surface area contributed by atoms with Crippen LogP contribution in [0.25, 0.3) is 21.9 Å². The molecule has 0 amide bonds. The summed E-state index contributed by atoms with van der Waals surface area (Å²) in [5, 5.41) is 12.7. The van der Waals surface area contributed by atoms with E-state index in [9.17, 15) is 5.11 Å². The highest BCUT2D eigenvalue weighted by Crippen LogP contribution is 2.43. The van der Waals surface area contributed by atoms with Gasteiger partial charge in [0.15, 0.2) is 0 Å². The Morgan fingerprint density at radius 2 is 1.70 bits per heavy atom. The SMILES string of the molecule is Cc1cccc2c1CCc1c(O)cc3ccccc3c1-2. The summed E-state index contributed by atoms with van der Waals surface area (Å²) in [5.74, 6) is 0.436. The predicted molar refractivity (Wildman–Crippen MR) is 83.2 cm³/mol. The van der Waals surface area contributed by atoms with E-state index < -0.39 is 0 Å². The molecule has 0 unspecified atom stereocenters. The molecule has 1 heteroatoms. The second kappa shape index (κ2) is 4.11. The molecule has 0 heterocycles. The molecule has 3 aromatic rings. The Bertz CT molecular complexity index is 831. The molecule has 4 rings (SSSR count). The van der Waals surface area contributed by atoms with Gasteiger partial charge in [0.2, 0.25) is 0 Å². The number of aryl methyl sites for hydroxylation is 1. The average molecular weight is 260 g/mol. The van der Waals surface area contributed by atoms with Crippen molar-refractivity contribution in [1.82, 2.24) is 0 Å². The first-order chi connectivity index (χ1) is 9.75. The Kier molecular flexibility index (Phi) is 2.37. The Labute approximate surface area is 118 Å². The third-order valence-electron chi connectivity index (χ3n) is 4.44. The highest BCUT2D eigenvalue weighted by Gasteiger charge is 2.22. The fourth-order valence-corrected chi connectivity index (χ4v) is 3.45. The zero-order valence-electron chi connectivity index (χ0n) is 11.5. The van der Waals surface area contributed by atoms with E-state index in [1.807, 2.05) is 12.1 Å². The van der Waals surface area contributed by atoms with E-state index in [1.54, 1.807) is 0 Å². The normalized spacial score (nSPS) is 13.1. The molecule has 1 N–H and O–H groups in total. The van der Waals surface area contributed by atoms with E-state index in [1.165, 1.54) is 27.6 Å². The fourth-order valence-electron chi connectivity index (χ4n) is 3.45. The van der Waals surface area contributed by atoms with Gasteiger partial charge < -0.3 is 5.11 Å². The number of hydrogen-bond acceptors (Lipinski definition) is 1. The molecule has 0 radical (unpaired) electrons. The number of rotatable bonds is 0. The van der Waals surface area contributed by atoms with Gasteiger partial charge in [0.05, 0.1) is 0 Å². The van der Waals surface area contributed by atoms with Crippen LogP contribution in [-0.2, 0) is 12.8 Å². The average Bonchev–Trinajstić information content (AvgIpc) is 2.47. The molecule has 3 aromatic carbocycles. The summed E-state index contributed by atoms with van der Waals surface area (Å²) < 4.78 is 0. The van der Waals surface area contributed by atoms with Crippen LogP contribution >= 0.6 is 0 Å². The first-order valence-corrected chi connectivity index (χ1v) is 7.08. The van der Waals surface area contributed by atoms with Crippen molar-refractivity contribution in [3.8, 4) is 16.9 Å². The number of benzene rings is 3. The van der Waals surface area contributed by atoms with Crippen LogP contribution < -0.4 is 0 Å². The minimum atomic E-state index is 0.436. The molecule has 0 atom stereocenters. The van der Waals surface area contributed by atoms with Crippen LogP contribution in [0.5, 0.6) is 5.75 Å². The van der Waals surface area contributed by atoms with Gasteiger partial charge in [0.25, 0.3) is 0 Å². The molecular formula is C19H16O. The van der Waals surface area contributed by atoms with Gasteiger partial charge in [-0.1, -0.05) is 42.5 Å². The van der Waals surface area contributed by atoms with Gasteiger partial charge in [-0.25, -0.2) is 0 Å². The summed E-state index contributed by atoms with van der Waals surface area (Å²) in [6.45, 7) is 2.18. The number of phenolic OH excluding ortho intramolecular Hbond substituents is 1. The van der Waals surface area contributed by atoms with Crippen molar-refractivity contribution in [1.29, 1.82) is 0 Å². The minimum Gasteiger partial charge on any atom is -0.508 e. The van der Waals surface area contributed by atoms with E-state index in [-0.39, 0.29) is 0 Å². The highest BCUT2D eigenvalue weighted by molar-refractivity contribution is 6.01. The van der Waals surface area contributed by atoms with Gasteiger partial charge in [-0.05, 0) is 58.9 Å². The summed E-state index contributed by atoms with van der Waals surface area (Å²) in [7, 11) is 0. The molecule has 1 nitrogen and oxygen atoms in total. The number of fused-ring (bicyclic) bond motifs is 5. The predicted octanol–water partition coefficient (Wildman–Crippen LogP) is 4.62. The topological polar surface area (TPSA) is 20.2 Å². The summed E-state index contributed by atoms with van der Waals surface area (Å²) in [6, 6.07) is 16.7. The van der Waals surface area contributed by atoms with Crippen LogP contribution in [0.15, 0.2) is 48.5 Å². The maximum Gasteiger partial charge on any atom is 0.120 e. The second-order valence-electron chi connectivity index (χ2n) is 5.57. The molecule has 98 valence electrons. The van der Waals surface area contributed by atoms with Gasteiger partial charge in [-0.15, -0.1) is 0 Å². The van der Waals surface area contributed by atoms with Crippen LogP contribution in [0.2, 0.25) is 0 Å². The number of hydrogen-bond donors (Lipinski definition) is 1. The molecule has 0 spiro atoms. The van der Waals surface area contributed by atoms with Crippen LogP contribution in [0, 0.1) is 6.92 Å². The molecular weight excluding hydrogens is 244 g/mol. The first kappa shape index (κ1) is 11.5. The van der Waals surface area contributed by atoms with Gasteiger partial charge in [-0.3, -0.25) is 0 Å². The van der Waals surface area contributed by atoms with Crippen LogP contribution in [0.1, 0.15) is 16.7 Å². The molecule has 0 bridgehead atoms. The lowest BCUT2D eigenvalue weighted by Crippen LogP contribution is -2.06. The lowest BCUT2D eigenvalue weighted by Gasteiger charge is -2.24. The van der Waals surface area contributed by atoms with Crippen LogP contribution in [0.4, 0.5) is 0 Å². The zero-order valence-corrected chi connectivity index (χ0v) is 11.5. The van der Waals surface area contributed by atoms with Crippen molar-refractivity contribution < 1.29 is 5.11 Å². The lowest BCUT2D eigenvalue weighted by atomic mass is 9.81. The maximum atomic E-state index is 10.3. The molecule has 0 aromatic heterocycles. The van der Waals surface area contributed by atoms with Gasteiger partial charge in [-0.2, -0.15) is 0 Å². The molecule has 0 saturated heterocycles. The molecule has 0 fully saturated rings. The minimum absolute atomic E-state index is 0.436. The fraction of sp³-hybridized carbons (Fsp3) is 0.158. The third-order valence-corrected chi connectivity index (χ3v) is 4.44. The monoisotopic (exact) mass is 260 g/mol. The third kappa shape index (κ3) is 1.50. The van der Waals surface area contributed by atoms with Crippen molar-refractivity contribution in [2.45, 2.75) is 19.8 Å². The van der Waals surface area contributed by atoms with Crippen LogP contribution in [-0.4, -0.2) is 5.11 Å². The number of phenols is 1. The van der Waals surface area contributed by atoms with Gasteiger partial charge in [0, 0.05) is 5.56 Å².